The molecule has 0 atom stereocenters. The van der Waals surface area contributed by atoms with Gasteiger partial charge in [-0.05, 0) is 49.9 Å². The molecule has 0 N–H and O–H groups in total. The number of carbonyl (C=O) groups excluding carboxylic acids is 3. The van der Waals surface area contributed by atoms with Crippen molar-refractivity contribution in [3.8, 4) is 0 Å². The number of fused-ring (bicyclic) bond motifs is 1. The predicted octanol–water partition coefficient (Wildman–Crippen LogP) is 5.04. The van der Waals surface area contributed by atoms with Gasteiger partial charge in [-0.1, -0.05) is 25.7 Å². The summed E-state index contributed by atoms with van der Waals surface area (Å²) in [5, 5.41) is 1.01. The third-order valence-electron chi connectivity index (χ3n) is 6.89. The van der Waals surface area contributed by atoms with Crippen LogP contribution in [0.15, 0.2) is 30.5 Å². The number of imide groups is 1. The number of ether oxygens (including phenoxy) is 1. The molecule has 1 saturated heterocycles. The second-order valence-electron chi connectivity index (χ2n) is 10.5. The van der Waals surface area contributed by atoms with E-state index in [9.17, 15) is 14.4 Å². The zero-order chi connectivity index (χ0) is 23.6. The van der Waals surface area contributed by atoms with Crippen molar-refractivity contribution < 1.29 is 19.1 Å². The molecular formula is C25H35N3O4Si. The smallest absolute Gasteiger partial charge is 0.333 e. The third-order valence-corrected chi connectivity index (χ3v) is 8.59. The fourth-order valence-corrected chi connectivity index (χ4v) is 5.57. The van der Waals surface area contributed by atoms with E-state index in [2.05, 4.69) is 42.5 Å². The lowest BCUT2D eigenvalue weighted by atomic mass is 9.87. The Labute approximate surface area is 196 Å². The highest BCUT2D eigenvalue weighted by molar-refractivity contribution is 6.76. The molecule has 4 rings (SSSR count). The van der Waals surface area contributed by atoms with Crippen molar-refractivity contribution in [1.29, 1.82) is 0 Å². The van der Waals surface area contributed by atoms with Gasteiger partial charge in [0.05, 0.1) is 11.2 Å². The van der Waals surface area contributed by atoms with E-state index in [0.717, 1.165) is 54.6 Å². The number of aromatic nitrogens is 1. The summed E-state index contributed by atoms with van der Waals surface area (Å²) >= 11 is 0. The molecule has 0 radical (unpaired) electrons. The van der Waals surface area contributed by atoms with Crippen LogP contribution >= 0.6 is 0 Å². The summed E-state index contributed by atoms with van der Waals surface area (Å²) in [6.45, 7) is 7.77. The lowest BCUT2D eigenvalue weighted by molar-refractivity contribution is -0.133. The van der Waals surface area contributed by atoms with E-state index in [1.54, 1.807) is 4.90 Å². The van der Waals surface area contributed by atoms with Gasteiger partial charge in [-0.15, -0.1) is 0 Å². The minimum atomic E-state index is -1.24. The van der Waals surface area contributed by atoms with Gasteiger partial charge in [0.1, 0.15) is 13.0 Å². The van der Waals surface area contributed by atoms with E-state index in [0.29, 0.717) is 19.2 Å². The maximum Gasteiger partial charge on any atom is 0.333 e. The lowest BCUT2D eigenvalue weighted by Crippen LogP contribution is -2.53. The van der Waals surface area contributed by atoms with E-state index in [1.807, 2.05) is 12.1 Å². The zero-order valence-electron chi connectivity index (χ0n) is 20.0. The first-order valence-electron chi connectivity index (χ1n) is 12.0. The molecule has 0 unspecified atom stereocenters. The zero-order valence-corrected chi connectivity index (χ0v) is 21.0. The maximum atomic E-state index is 13.3. The molecule has 2 aliphatic rings. The number of carbonyl (C=O) groups is 3. The van der Waals surface area contributed by atoms with Gasteiger partial charge in [0.15, 0.2) is 0 Å². The van der Waals surface area contributed by atoms with Gasteiger partial charge in [-0.2, -0.15) is 0 Å². The monoisotopic (exact) mass is 469 g/mol. The highest BCUT2D eigenvalue weighted by Crippen LogP contribution is 2.37. The van der Waals surface area contributed by atoms with Crippen LogP contribution in [0.4, 0.5) is 10.5 Å². The van der Waals surface area contributed by atoms with Crippen LogP contribution in [0.3, 0.4) is 0 Å². The number of nitrogens with zero attached hydrogens (tertiary/aromatic N) is 3. The summed E-state index contributed by atoms with van der Waals surface area (Å²) in [5.74, 6) is 0.00188. The van der Waals surface area contributed by atoms with Crippen LogP contribution in [0.2, 0.25) is 25.7 Å². The molecule has 2 aromatic rings. The average molecular weight is 470 g/mol. The summed E-state index contributed by atoms with van der Waals surface area (Å²) < 4.78 is 8.01. The van der Waals surface area contributed by atoms with Gasteiger partial charge in [0, 0.05) is 51.2 Å². The standard InChI is InChI=1S/C25H35N3O4Si/c1-33(2,3)16-15-32-18-28-24(30)12-14-27(25(28)31)23-6-4-5-22-21(23)11-13-26(22)20-9-7-19(17-29)8-10-20/h4-6,11,13,17,19-20H,7-10,12,14-16,18H2,1-3H3. The van der Waals surface area contributed by atoms with Crippen molar-refractivity contribution in [2.45, 2.75) is 63.8 Å². The molecular weight excluding hydrogens is 434 g/mol. The number of hydrogen-bond donors (Lipinski definition) is 0. The molecule has 1 aromatic heterocycles. The van der Waals surface area contributed by atoms with E-state index in [4.69, 9.17) is 4.74 Å². The second-order valence-corrected chi connectivity index (χ2v) is 16.1. The summed E-state index contributed by atoms with van der Waals surface area (Å²) in [6, 6.07) is 9.12. The number of benzene rings is 1. The molecule has 3 amide bonds. The fraction of sp³-hybridized carbons (Fsp3) is 0.560. The number of aldehydes is 1. The van der Waals surface area contributed by atoms with Gasteiger partial charge in [0.25, 0.3) is 0 Å². The SMILES string of the molecule is C[Si](C)(C)CCOCN1C(=O)CCN(c2cccc3c2ccn3C2CCC(C=O)CC2)C1=O. The maximum absolute atomic E-state index is 13.3. The number of hydrogen-bond acceptors (Lipinski definition) is 4. The van der Waals surface area contributed by atoms with Crippen LogP contribution in [0.1, 0.15) is 38.1 Å². The number of urea groups is 1. The van der Waals surface area contributed by atoms with Crippen molar-refractivity contribution in [3.63, 3.8) is 0 Å². The van der Waals surface area contributed by atoms with Crippen LogP contribution < -0.4 is 4.90 Å². The van der Waals surface area contributed by atoms with Crippen LogP contribution in [-0.2, 0) is 14.3 Å². The Hall–Kier alpha value is -2.45. The van der Waals surface area contributed by atoms with Crippen molar-refractivity contribution in [1.82, 2.24) is 9.47 Å². The molecule has 2 fully saturated rings. The minimum Gasteiger partial charge on any atom is -0.361 e. The van der Waals surface area contributed by atoms with Gasteiger partial charge in [-0.25, -0.2) is 9.69 Å². The van der Waals surface area contributed by atoms with Crippen LogP contribution in [0.25, 0.3) is 10.9 Å². The van der Waals surface area contributed by atoms with Gasteiger partial charge in [0.2, 0.25) is 5.91 Å². The molecule has 8 heteroatoms. The van der Waals surface area contributed by atoms with Crippen molar-refractivity contribution in [2.75, 3.05) is 24.8 Å². The lowest BCUT2D eigenvalue weighted by Gasteiger charge is -2.34. The third kappa shape index (κ3) is 5.22. The van der Waals surface area contributed by atoms with Gasteiger partial charge < -0.3 is 14.1 Å². The minimum absolute atomic E-state index is 0.00953. The van der Waals surface area contributed by atoms with E-state index >= 15 is 0 Å². The van der Waals surface area contributed by atoms with Crippen LogP contribution in [0.5, 0.6) is 0 Å². The Bertz CT molecular complexity index is 1020. The van der Waals surface area contributed by atoms with E-state index in [-0.39, 0.29) is 31.0 Å². The predicted molar refractivity (Wildman–Crippen MR) is 132 cm³/mol. The fourth-order valence-electron chi connectivity index (χ4n) is 4.82. The first-order valence-corrected chi connectivity index (χ1v) is 15.7. The Morgan fingerprint density at radius 1 is 1.09 bits per heavy atom. The quantitative estimate of drug-likeness (QED) is 0.308. The first-order chi connectivity index (χ1) is 15.8. The molecule has 178 valence electrons. The van der Waals surface area contributed by atoms with Crippen molar-refractivity contribution in [2.24, 2.45) is 5.92 Å². The summed E-state index contributed by atoms with van der Waals surface area (Å²) in [4.78, 5) is 39.8. The van der Waals surface area contributed by atoms with Crippen molar-refractivity contribution in [3.05, 3.63) is 30.5 Å². The summed E-state index contributed by atoms with van der Waals surface area (Å²) in [7, 11) is -1.24. The first kappa shape index (κ1) is 23.7. The second kappa shape index (κ2) is 9.81. The highest BCUT2D eigenvalue weighted by Gasteiger charge is 2.34. The number of anilines is 1. The molecule has 7 nitrogen and oxygen atoms in total. The van der Waals surface area contributed by atoms with E-state index < -0.39 is 8.07 Å². The largest absolute Gasteiger partial charge is 0.361 e. The van der Waals surface area contributed by atoms with Crippen LogP contribution in [-0.4, -0.2) is 55.6 Å². The summed E-state index contributed by atoms with van der Waals surface area (Å²) in [6.07, 6.45) is 7.28. The van der Waals surface area contributed by atoms with E-state index in [1.165, 1.54) is 4.90 Å². The summed E-state index contributed by atoms with van der Waals surface area (Å²) in [5.41, 5.74) is 1.92. The van der Waals surface area contributed by atoms with Gasteiger partial charge in [-0.3, -0.25) is 9.69 Å². The molecule has 1 aliphatic heterocycles. The van der Waals surface area contributed by atoms with Crippen molar-refractivity contribution >= 4 is 42.9 Å². The average Bonchev–Trinajstić information content (AvgIpc) is 3.22. The Kier molecular flexibility index (Phi) is 7.04. The molecule has 2 heterocycles. The molecule has 0 spiro atoms. The normalized spacial score (nSPS) is 22.3. The molecule has 1 saturated carbocycles. The van der Waals surface area contributed by atoms with Gasteiger partial charge >= 0.3 is 6.03 Å². The van der Waals surface area contributed by atoms with Crippen LogP contribution in [0, 0.1) is 5.92 Å². The molecule has 33 heavy (non-hydrogen) atoms. The Morgan fingerprint density at radius 2 is 1.85 bits per heavy atom. The molecule has 1 aromatic carbocycles. The number of amides is 3. The molecule has 1 aliphatic carbocycles. The molecule has 0 bridgehead atoms. The number of rotatable bonds is 8. The Balaban J connectivity index is 1.51. The topological polar surface area (TPSA) is 71.8 Å². The highest BCUT2D eigenvalue weighted by atomic mass is 28.3. The Morgan fingerprint density at radius 3 is 2.55 bits per heavy atom.